The fraction of sp³-hybridized carbons (Fsp3) is 0.714. The van der Waals surface area contributed by atoms with Crippen LogP contribution in [0, 0.1) is 16.9 Å². The molecule has 0 aromatic heterocycles. The Kier molecular flexibility index (Phi) is 4.04. The molecule has 16 heavy (non-hydrogen) atoms. The van der Waals surface area contributed by atoms with Crippen molar-refractivity contribution in [3.63, 3.8) is 0 Å². The van der Waals surface area contributed by atoms with Crippen molar-refractivity contribution >= 4 is 8.07 Å². The Balaban J connectivity index is 2.67. The molecule has 0 aliphatic carbocycles. The van der Waals surface area contributed by atoms with Gasteiger partial charge >= 0.3 is 0 Å². The maximum atomic E-state index is 3.63. The van der Waals surface area contributed by atoms with Crippen LogP contribution in [0.15, 0.2) is 12.2 Å². The lowest BCUT2D eigenvalue weighted by atomic mass is 9.84. The van der Waals surface area contributed by atoms with E-state index in [0.717, 1.165) is 6.42 Å². The summed E-state index contributed by atoms with van der Waals surface area (Å²) < 4.78 is 0. The minimum atomic E-state index is -1.23. The van der Waals surface area contributed by atoms with E-state index in [1.807, 2.05) is 0 Å². The van der Waals surface area contributed by atoms with Gasteiger partial charge in [0.25, 0.3) is 0 Å². The summed E-state index contributed by atoms with van der Waals surface area (Å²) in [6.45, 7) is 13.7. The molecule has 0 unspecified atom stereocenters. The number of nitrogens with one attached hydrogen (secondary N) is 1. The predicted molar refractivity (Wildman–Crippen MR) is 75.0 cm³/mol. The Morgan fingerprint density at radius 2 is 1.88 bits per heavy atom. The molecule has 0 saturated heterocycles. The van der Waals surface area contributed by atoms with Crippen molar-refractivity contribution in [1.29, 1.82) is 0 Å². The average Bonchev–Trinajstić information content (AvgIpc) is 2.13. The first kappa shape index (κ1) is 13.5. The van der Waals surface area contributed by atoms with Crippen molar-refractivity contribution in [2.75, 3.05) is 0 Å². The molecule has 1 aliphatic rings. The number of hydrogen-bond donors (Lipinski definition) is 1. The molecule has 0 spiro atoms. The second-order valence-corrected chi connectivity index (χ2v) is 11.5. The zero-order chi connectivity index (χ0) is 12.4. The van der Waals surface area contributed by atoms with Crippen LogP contribution in [0.1, 0.15) is 27.2 Å². The molecule has 2 heteroatoms. The van der Waals surface area contributed by atoms with E-state index in [4.69, 9.17) is 0 Å². The van der Waals surface area contributed by atoms with E-state index in [1.165, 1.54) is 0 Å². The number of rotatable bonds is 0. The highest BCUT2D eigenvalue weighted by Crippen LogP contribution is 2.23. The van der Waals surface area contributed by atoms with Crippen molar-refractivity contribution in [3.05, 3.63) is 12.2 Å². The molecule has 0 aromatic carbocycles. The van der Waals surface area contributed by atoms with Crippen molar-refractivity contribution in [2.45, 2.75) is 58.9 Å². The van der Waals surface area contributed by atoms with Gasteiger partial charge in [0.15, 0.2) is 0 Å². The molecule has 1 nitrogen and oxygen atoms in total. The highest BCUT2D eigenvalue weighted by atomic mass is 28.3. The van der Waals surface area contributed by atoms with E-state index in [2.05, 4.69) is 69.3 Å². The van der Waals surface area contributed by atoms with E-state index in [1.54, 1.807) is 0 Å². The van der Waals surface area contributed by atoms with Gasteiger partial charge in [0.1, 0.15) is 8.07 Å². The monoisotopic (exact) mass is 235 g/mol. The van der Waals surface area contributed by atoms with Gasteiger partial charge in [-0.25, -0.2) is 0 Å². The largest absolute Gasteiger partial charge is 0.297 e. The third kappa shape index (κ3) is 4.55. The fourth-order valence-corrected chi connectivity index (χ4v) is 2.24. The highest BCUT2D eigenvalue weighted by Gasteiger charge is 2.26. The molecule has 0 bridgehead atoms. The lowest BCUT2D eigenvalue weighted by Gasteiger charge is -2.34. The first-order chi connectivity index (χ1) is 7.18. The van der Waals surface area contributed by atoms with Gasteiger partial charge in [0.2, 0.25) is 0 Å². The van der Waals surface area contributed by atoms with Gasteiger partial charge in [0, 0.05) is 6.04 Å². The summed E-state index contributed by atoms with van der Waals surface area (Å²) in [5, 5.41) is 3.63. The summed E-state index contributed by atoms with van der Waals surface area (Å²) in [6, 6.07) is 0.795. The van der Waals surface area contributed by atoms with Crippen LogP contribution in [0.2, 0.25) is 19.6 Å². The summed E-state index contributed by atoms with van der Waals surface area (Å²) in [7, 11) is -1.23. The van der Waals surface area contributed by atoms with E-state index in [-0.39, 0.29) is 5.41 Å². The van der Waals surface area contributed by atoms with Crippen molar-refractivity contribution < 1.29 is 0 Å². The molecule has 0 saturated carbocycles. The lowest BCUT2D eigenvalue weighted by Crippen LogP contribution is -2.46. The van der Waals surface area contributed by atoms with Crippen LogP contribution in [-0.2, 0) is 0 Å². The average molecular weight is 235 g/mol. The molecule has 1 heterocycles. The lowest BCUT2D eigenvalue weighted by molar-refractivity contribution is 0.294. The van der Waals surface area contributed by atoms with Crippen LogP contribution in [0.5, 0.6) is 0 Å². The Labute approximate surface area is 102 Å². The van der Waals surface area contributed by atoms with Crippen molar-refractivity contribution in [3.8, 4) is 11.5 Å². The van der Waals surface area contributed by atoms with Gasteiger partial charge in [-0.3, -0.25) is 5.32 Å². The van der Waals surface area contributed by atoms with Gasteiger partial charge in [-0.15, -0.1) is 5.54 Å². The molecular formula is C14H25NSi. The van der Waals surface area contributed by atoms with E-state index in [9.17, 15) is 0 Å². The van der Waals surface area contributed by atoms with E-state index < -0.39 is 8.07 Å². The van der Waals surface area contributed by atoms with Crippen molar-refractivity contribution in [2.24, 2.45) is 5.41 Å². The molecular weight excluding hydrogens is 210 g/mol. The van der Waals surface area contributed by atoms with Gasteiger partial charge in [-0.2, -0.15) is 0 Å². The molecule has 1 N–H and O–H groups in total. The van der Waals surface area contributed by atoms with E-state index >= 15 is 0 Å². The third-order valence-corrected chi connectivity index (χ3v) is 3.53. The zero-order valence-corrected chi connectivity index (χ0v) is 12.5. The second-order valence-electron chi connectivity index (χ2n) is 6.75. The maximum absolute atomic E-state index is 3.63. The smallest absolute Gasteiger partial charge is 0.129 e. The maximum Gasteiger partial charge on any atom is 0.129 e. The van der Waals surface area contributed by atoms with Gasteiger partial charge < -0.3 is 0 Å². The molecule has 1 aliphatic heterocycles. The van der Waals surface area contributed by atoms with Gasteiger partial charge in [-0.1, -0.05) is 58.5 Å². The Morgan fingerprint density at radius 1 is 1.25 bits per heavy atom. The summed E-state index contributed by atoms with van der Waals surface area (Å²) in [5.74, 6) is 3.41. The van der Waals surface area contributed by atoms with Crippen LogP contribution in [0.25, 0.3) is 0 Å². The fourth-order valence-electron chi connectivity index (χ4n) is 1.63. The quantitative estimate of drug-likeness (QED) is 0.386. The molecule has 1 rings (SSSR count). The SMILES string of the molecule is CC(C)(C)[C@@H]1C=CC[C@@H](C#C[Si](C)(C)C)N1. The first-order valence-corrected chi connectivity index (χ1v) is 9.64. The topological polar surface area (TPSA) is 12.0 Å². The third-order valence-electron chi connectivity index (χ3n) is 2.64. The number of hydrogen-bond acceptors (Lipinski definition) is 1. The molecule has 0 radical (unpaired) electrons. The van der Waals surface area contributed by atoms with Crippen molar-refractivity contribution in [1.82, 2.24) is 5.32 Å². The van der Waals surface area contributed by atoms with Crippen LogP contribution in [-0.4, -0.2) is 20.2 Å². The molecule has 90 valence electrons. The standard InChI is InChI=1S/C14H25NSi/c1-14(2,3)13-9-7-8-12(15-13)10-11-16(4,5)6/h7,9,12-13,15H,8H2,1-6H3/t12-,13-/m0/s1. The first-order valence-electron chi connectivity index (χ1n) is 6.14. The summed E-state index contributed by atoms with van der Waals surface area (Å²) in [6.07, 6.45) is 5.60. The minimum Gasteiger partial charge on any atom is -0.297 e. The van der Waals surface area contributed by atoms with Crippen LogP contribution >= 0.6 is 0 Å². The molecule has 2 atom stereocenters. The van der Waals surface area contributed by atoms with Crippen LogP contribution in [0.3, 0.4) is 0 Å². The zero-order valence-electron chi connectivity index (χ0n) is 11.5. The molecule has 0 amide bonds. The summed E-state index contributed by atoms with van der Waals surface area (Å²) in [5.41, 5.74) is 3.73. The van der Waals surface area contributed by atoms with Crippen LogP contribution < -0.4 is 5.32 Å². The molecule has 0 aromatic rings. The summed E-state index contributed by atoms with van der Waals surface area (Å²) in [4.78, 5) is 0. The Bertz CT molecular complexity index is 319. The minimum absolute atomic E-state index is 0.274. The van der Waals surface area contributed by atoms with E-state index in [0.29, 0.717) is 12.1 Å². The molecule has 0 fully saturated rings. The highest BCUT2D eigenvalue weighted by molar-refractivity contribution is 6.83. The predicted octanol–water partition coefficient (Wildman–Crippen LogP) is 3.20. The Hall–Kier alpha value is -0.523. The Morgan fingerprint density at radius 3 is 2.38 bits per heavy atom. The second kappa shape index (κ2) is 4.77. The summed E-state index contributed by atoms with van der Waals surface area (Å²) >= 11 is 0. The van der Waals surface area contributed by atoms with Gasteiger partial charge in [0.05, 0.1) is 6.04 Å². The van der Waals surface area contributed by atoms with Crippen LogP contribution in [0.4, 0.5) is 0 Å². The van der Waals surface area contributed by atoms with Gasteiger partial charge in [-0.05, 0) is 11.8 Å². The normalized spacial score (nSPS) is 26.1.